The lowest BCUT2D eigenvalue weighted by atomic mass is 10.0. The van der Waals surface area contributed by atoms with Crippen LogP contribution >= 0.6 is 0 Å². The van der Waals surface area contributed by atoms with E-state index < -0.39 is 0 Å². The van der Waals surface area contributed by atoms with Crippen LogP contribution in [-0.4, -0.2) is 25.3 Å². The molecule has 2 aliphatic heterocycles. The molecule has 5 heteroatoms. The molecule has 0 radical (unpaired) electrons. The Morgan fingerprint density at radius 3 is 2.85 bits per heavy atom. The standard InChI is InChI=1S/C15H16N4O/c20-15-13-8-18-19(14(13)16-9-17-15)12-6-5-10-3-1-2-4-11(10)7-12/h1-7,13-14,16,18H,8-9H2,(H,17,20). The number of carbonyl (C=O) groups is 1. The first-order chi connectivity index (χ1) is 9.83. The predicted molar refractivity (Wildman–Crippen MR) is 77.9 cm³/mol. The third-order valence-corrected chi connectivity index (χ3v) is 4.06. The molecule has 0 saturated carbocycles. The Labute approximate surface area is 116 Å². The first kappa shape index (κ1) is 11.7. The highest BCUT2D eigenvalue weighted by atomic mass is 16.2. The zero-order chi connectivity index (χ0) is 13.5. The van der Waals surface area contributed by atoms with Crippen LogP contribution in [0.2, 0.25) is 0 Å². The van der Waals surface area contributed by atoms with Gasteiger partial charge < -0.3 is 5.32 Å². The Morgan fingerprint density at radius 1 is 1.10 bits per heavy atom. The van der Waals surface area contributed by atoms with Crippen molar-refractivity contribution in [2.24, 2.45) is 5.92 Å². The highest BCUT2D eigenvalue weighted by molar-refractivity contribution is 5.86. The molecule has 5 nitrogen and oxygen atoms in total. The predicted octanol–water partition coefficient (Wildman–Crippen LogP) is 0.784. The number of benzene rings is 2. The molecular weight excluding hydrogens is 252 g/mol. The van der Waals surface area contributed by atoms with Gasteiger partial charge in [-0.1, -0.05) is 30.3 Å². The van der Waals surface area contributed by atoms with E-state index in [4.69, 9.17) is 0 Å². The molecule has 0 bridgehead atoms. The van der Waals surface area contributed by atoms with Crippen LogP contribution in [0, 0.1) is 5.92 Å². The molecule has 4 rings (SSSR count). The summed E-state index contributed by atoms with van der Waals surface area (Å²) in [5, 5.41) is 10.7. The van der Waals surface area contributed by atoms with Crippen LogP contribution in [0.4, 0.5) is 5.69 Å². The monoisotopic (exact) mass is 268 g/mol. The Bertz CT molecular complexity index is 672. The molecule has 0 spiro atoms. The van der Waals surface area contributed by atoms with Gasteiger partial charge in [-0.05, 0) is 22.9 Å². The average molecular weight is 268 g/mol. The normalized spacial score (nSPS) is 25.6. The maximum absolute atomic E-state index is 11.8. The Morgan fingerprint density at radius 2 is 1.95 bits per heavy atom. The van der Waals surface area contributed by atoms with E-state index in [0.717, 1.165) is 5.69 Å². The number of rotatable bonds is 1. The fourth-order valence-electron chi connectivity index (χ4n) is 3.01. The van der Waals surface area contributed by atoms with Gasteiger partial charge in [-0.15, -0.1) is 0 Å². The van der Waals surface area contributed by atoms with Crippen molar-refractivity contribution in [2.75, 3.05) is 18.2 Å². The molecule has 0 aliphatic carbocycles. The summed E-state index contributed by atoms with van der Waals surface area (Å²) >= 11 is 0. The summed E-state index contributed by atoms with van der Waals surface area (Å²) in [5.74, 6) is 0.0692. The van der Waals surface area contributed by atoms with E-state index in [1.807, 2.05) is 12.1 Å². The van der Waals surface area contributed by atoms with Crippen LogP contribution in [0.1, 0.15) is 0 Å². The fraction of sp³-hybridized carbons (Fsp3) is 0.267. The molecule has 2 aromatic carbocycles. The van der Waals surface area contributed by atoms with E-state index in [-0.39, 0.29) is 18.0 Å². The molecule has 2 atom stereocenters. The van der Waals surface area contributed by atoms with Crippen molar-refractivity contribution in [3.8, 4) is 0 Å². The summed E-state index contributed by atoms with van der Waals surface area (Å²) in [7, 11) is 0. The van der Waals surface area contributed by atoms with Crippen molar-refractivity contribution in [2.45, 2.75) is 6.17 Å². The van der Waals surface area contributed by atoms with Gasteiger partial charge in [0.05, 0.1) is 18.3 Å². The Kier molecular flexibility index (Phi) is 2.61. The third kappa shape index (κ3) is 1.75. The first-order valence-electron chi connectivity index (χ1n) is 6.85. The van der Waals surface area contributed by atoms with Gasteiger partial charge >= 0.3 is 0 Å². The van der Waals surface area contributed by atoms with Crippen molar-refractivity contribution in [3.05, 3.63) is 42.5 Å². The third-order valence-electron chi connectivity index (χ3n) is 4.06. The van der Waals surface area contributed by atoms with Gasteiger partial charge in [0.2, 0.25) is 5.91 Å². The summed E-state index contributed by atoms with van der Waals surface area (Å²) in [6.07, 6.45) is 0.0184. The number of hydrogen-bond donors (Lipinski definition) is 3. The first-order valence-corrected chi connectivity index (χ1v) is 6.85. The Balaban J connectivity index is 1.70. The van der Waals surface area contributed by atoms with Gasteiger partial charge in [0.25, 0.3) is 0 Å². The van der Waals surface area contributed by atoms with Gasteiger partial charge in [0.1, 0.15) is 6.17 Å². The van der Waals surface area contributed by atoms with Crippen LogP contribution in [-0.2, 0) is 4.79 Å². The number of fused-ring (bicyclic) bond motifs is 2. The van der Waals surface area contributed by atoms with E-state index in [9.17, 15) is 4.79 Å². The van der Waals surface area contributed by atoms with Crippen molar-refractivity contribution < 1.29 is 4.79 Å². The van der Waals surface area contributed by atoms with Crippen molar-refractivity contribution in [3.63, 3.8) is 0 Å². The number of carbonyl (C=O) groups excluding carboxylic acids is 1. The maximum atomic E-state index is 11.8. The second-order valence-electron chi connectivity index (χ2n) is 5.24. The minimum atomic E-state index is -0.0461. The van der Waals surface area contributed by atoms with Crippen molar-refractivity contribution in [1.29, 1.82) is 0 Å². The molecule has 0 aromatic heterocycles. The molecular formula is C15H16N4O. The van der Waals surface area contributed by atoms with Crippen LogP contribution in [0.15, 0.2) is 42.5 Å². The van der Waals surface area contributed by atoms with Crippen molar-refractivity contribution in [1.82, 2.24) is 16.1 Å². The average Bonchev–Trinajstić information content (AvgIpc) is 2.92. The SMILES string of the molecule is O=C1NCNC2C1CNN2c1ccc2ccccc2c1. The van der Waals surface area contributed by atoms with Gasteiger partial charge in [-0.3, -0.25) is 15.1 Å². The lowest BCUT2D eigenvalue weighted by Gasteiger charge is -2.32. The summed E-state index contributed by atoms with van der Waals surface area (Å²) < 4.78 is 0. The summed E-state index contributed by atoms with van der Waals surface area (Å²) in [6.45, 7) is 1.18. The van der Waals surface area contributed by atoms with Crippen LogP contribution in [0.3, 0.4) is 0 Å². The van der Waals surface area contributed by atoms with Gasteiger partial charge in [-0.2, -0.15) is 0 Å². The number of amides is 1. The minimum absolute atomic E-state index is 0.0184. The molecule has 1 amide bonds. The summed E-state index contributed by atoms with van der Waals surface area (Å²) in [5.41, 5.74) is 4.40. The molecule has 102 valence electrons. The molecule has 3 N–H and O–H groups in total. The molecule has 2 saturated heterocycles. The number of anilines is 1. The van der Waals surface area contributed by atoms with E-state index >= 15 is 0 Å². The second kappa shape index (κ2) is 4.47. The molecule has 2 aliphatic rings. The molecule has 20 heavy (non-hydrogen) atoms. The summed E-state index contributed by atoms with van der Waals surface area (Å²) in [4.78, 5) is 11.8. The number of nitrogens with zero attached hydrogens (tertiary/aromatic N) is 1. The molecule has 2 fully saturated rings. The zero-order valence-corrected chi connectivity index (χ0v) is 11.0. The fourth-order valence-corrected chi connectivity index (χ4v) is 3.01. The quantitative estimate of drug-likeness (QED) is 0.715. The molecule has 2 unspecified atom stereocenters. The van der Waals surface area contributed by atoms with E-state index in [2.05, 4.69) is 51.4 Å². The zero-order valence-electron chi connectivity index (χ0n) is 11.0. The number of hydrazine groups is 1. The van der Waals surface area contributed by atoms with Gasteiger partial charge in [0, 0.05) is 6.54 Å². The minimum Gasteiger partial charge on any atom is -0.343 e. The Hall–Kier alpha value is -2.11. The topological polar surface area (TPSA) is 56.4 Å². The highest BCUT2D eigenvalue weighted by Crippen LogP contribution is 2.27. The van der Waals surface area contributed by atoms with Crippen LogP contribution in [0.5, 0.6) is 0 Å². The second-order valence-corrected chi connectivity index (χ2v) is 5.24. The lowest BCUT2D eigenvalue weighted by Crippen LogP contribution is -2.58. The maximum Gasteiger partial charge on any atom is 0.228 e. The van der Waals surface area contributed by atoms with Gasteiger partial charge in [-0.25, -0.2) is 5.43 Å². The number of hydrogen-bond acceptors (Lipinski definition) is 4. The van der Waals surface area contributed by atoms with Crippen LogP contribution in [0.25, 0.3) is 10.8 Å². The van der Waals surface area contributed by atoms with Gasteiger partial charge in [0.15, 0.2) is 0 Å². The van der Waals surface area contributed by atoms with E-state index in [1.54, 1.807) is 0 Å². The number of nitrogens with one attached hydrogen (secondary N) is 3. The molecule has 2 heterocycles. The molecule has 2 aromatic rings. The smallest absolute Gasteiger partial charge is 0.228 e. The largest absolute Gasteiger partial charge is 0.343 e. The van der Waals surface area contributed by atoms with Crippen LogP contribution < -0.4 is 21.1 Å². The van der Waals surface area contributed by atoms with E-state index in [1.165, 1.54) is 10.8 Å². The highest BCUT2D eigenvalue weighted by Gasteiger charge is 2.41. The lowest BCUT2D eigenvalue weighted by molar-refractivity contribution is -0.126. The summed E-state index contributed by atoms with van der Waals surface area (Å²) in [6, 6.07) is 14.6. The van der Waals surface area contributed by atoms with Crippen molar-refractivity contribution >= 4 is 22.4 Å². The van der Waals surface area contributed by atoms with E-state index in [0.29, 0.717) is 13.2 Å².